The SMILES string of the molecule is Cc1ccccc1-c1cccc2c1C=C[CH]2[Hf]([CH3])([CH3])([CH3])(=[SiH2])([c]1ccccc1)[CH]1C=Cc2c(-c3ccccc3C)cccc21. The van der Waals surface area contributed by atoms with Crippen molar-refractivity contribution in [3.8, 4) is 22.3 Å². The average molecular weight is 741 g/mol. The van der Waals surface area contributed by atoms with Crippen molar-refractivity contribution in [1.29, 1.82) is 0 Å². The molecule has 7 rings (SSSR count). The Morgan fingerprint density at radius 3 is 1.30 bits per heavy atom. The van der Waals surface area contributed by atoms with Gasteiger partial charge in [0.05, 0.1) is 0 Å². The normalized spacial score (nSPS) is 19.6. The molecule has 2 aliphatic carbocycles. The van der Waals surface area contributed by atoms with E-state index in [-0.39, 0.29) is 0 Å². The van der Waals surface area contributed by atoms with E-state index in [9.17, 15) is 0 Å². The molecule has 0 nitrogen and oxygen atoms in total. The molecule has 43 heavy (non-hydrogen) atoms. The van der Waals surface area contributed by atoms with Crippen molar-refractivity contribution in [2.24, 2.45) is 0 Å². The molecule has 0 aliphatic heterocycles. The summed E-state index contributed by atoms with van der Waals surface area (Å²) in [7, 11) is 0. The van der Waals surface area contributed by atoms with Gasteiger partial charge in [0.15, 0.2) is 0 Å². The monoisotopic (exact) mass is 742 g/mol. The fourth-order valence-corrected chi connectivity index (χ4v) is 47.2. The first-order valence-corrected chi connectivity index (χ1v) is 40.8. The number of hydrogen-bond acceptors (Lipinski definition) is 0. The summed E-state index contributed by atoms with van der Waals surface area (Å²) in [5.41, 5.74) is 13.7. The van der Waals surface area contributed by atoms with Gasteiger partial charge in [0.2, 0.25) is 0 Å². The van der Waals surface area contributed by atoms with Gasteiger partial charge < -0.3 is 0 Å². The molecular weight excluding hydrogens is 699 g/mol. The van der Waals surface area contributed by atoms with Crippen LogP contribution in [0.2, 0.25) is 14.0 Å². The molecule has 5 aromatic rings. The predicted octanol–water partition coefficient (Wildman–Crippen LogP) is 10.3. The van der Waals surface area contributed by atoms with Crippen molar-refractivity contribution >= 4 is 22.4 Å². The standard InChI is InChI=1S/2C16H13.C6H5.3CH3.Hf.H2Si/c2*1-12-6-2-3-9-14(12)16-11-5-8-13-7-4-10-15(13)16;1-2-4-6-5-3-1;;;;;/h2*2-11H,1H3;1-5H;3*1H3;;1H2. The number of hydrogen-bond donors (Lipinski definition) is 0. The summed E-state index contributed by atoms with van der Waals surface area (Å²) in [5, 5.41) is 0. The molecule has 0 saturated carbocycles. The van der Waals surface area contributed by atoms with Gasteiger partial charge >= 0.3 is 255 Å². The van der Waals surface area contributed by atoms with Crippen LogP contribution >= 0.6 is 0 Å². The Hall–Kier alpha value is -3.33. The molecule has 0 bridgehead atoms. The van der Waals surface area contributed by atoms with Crippen molar-refractivity contribution < 1.29 is 14.2 Å². The molecule has 0 aromatic heterocycles. The minimum absolute atomic E-state index is 0.298. The van der Waals surface area contributed by atoms with Crippen LogP contribution in [0.5, 0.6) is 0 Å². The van der Waals surface area contributed by atoms with E-state index in [1.54, 1.807) is 0 Å². The Bertz CT molecular complexity index is 2020. The van der Waals surface area contributed by atoms with Crippen molar-refractivity contribution in [2.75, 3.05) is 0 Å². The second-order valence-corrected chi connectivity index (χ2v) is 93.6. The van der Waals surface area contributed by atoms with Gasteiger partial charge in [-0.25, -0.2) is 0 Å². The summed E-state index contributed by atoms with van der Waals surface area (Å²) in [6, 6.07) is 43.3. The van der Waals surface area contributed by atoms with Crippen LogP contribution in [-0.4, -0.2) is 6.94 Å². The van der Waals surface area contributed by atoms with Gasteiger partial charge in [0, 0.05) is 0 Å². The summed E-state index contributed by atoms with van der Waals surface area (Å²) in [4.78, 5) is 0. The van der Waals surface area contributed by atoms with Crippen LogP contribution in [0.15, 0.2) is 127 Å². The van der Waals surface area contributed by atoms with Crippen LogP contribution in [0.4, 0.5) is 0 Å². The first-order chi connectivity index (χ1) is 20.4. The molecule has 0 spiro atoms. The van der Waals surface area contributed by atoms with Crippen LogP contribution in [0, 0.1) is 13.8 Å². The second kappa shape index (κ2) is 8.64. The van der Waals surface area contributed by atoms with Crippen LogP contribution in [0.25, 0.3) is 34.4 Å². The summed E-state index contributed by atoms with van der Waals surface area (Å²) < 4.78 is 10.4. The van der Waals surface area contributed by atoms with E-state index < -0.39 is 14.2 Å². The first-order valence-electron chi connectivity index (χ1n) is 15.7. The Kier molecular flexibility index (Phi) is 5.72. The van der Waals surface area contributed by atoms with Crippen molar-refractivity contribution in [3.05, 3.63) is 161 Å². The molecule has 0 N–H and O–H groups in total. The minimum atomic E-state index is -5.32. The molecule has 5 aromatic carbocycles. The van der Waals surface area contributed by atoms with Crippen molar-refractivity contribution in [3.63, 3.8) is 0 Å². The van der Waals surface area contributed by atoms with E-state index in [4.69, 9.17) is 0 Å². The summed E-state index contributed by atoms with van der Waals surface area (Å²) in [6.07, 6.45) is 10.1. The zero-order valence-electron chi connectivity index (χ0n) is 26.1. The van der Waals surface area contributed by atoms with Crippen molar-refractivity contribution in [1.82, 2.24) is 0 Å². The molecule has 0 saturated heterocycles. The zero-order valence-corrected chi connectivity index (χ0v) is 31.1. The van der Waals surface area contributed by atoms with Gasteiger partial charge in [0.1, 0.15) is 0 Å². The van der Waals surface area contributed by atoms with E-state index in [0.717, 1.165) is 0 Å². The van der Waals surface area contributed by atoms with E-state index in [1.165, 1.54) is 59.0 Å². The molecule has 2 unspecified atom stereocenters. The van der Waals surface area contributed by atoms with Crippen LogP contribution in [0.1, 0.15) is 40.7 Å². The molecule has 2 heteroatoms. The fourth-order valence-electron chi connectivity index (χ4n) is 9.10. The first kappa shape index (κ1) is 28.4. The quantitative estimate of drug-likeness (QED) is 0.157. The summed E-state index contributed by atoms with van der Waals surface area (Å²) in [5.74, 6) is 0. The molecule has 2 aliphatic rings. The van der Waals surface area contributed by atoms with Crippen LogP contribution < -0.4 is 3.32 Å². The number of rotatable bonds is 5. The average Bonchev–Trinajstić information content (AvgIpc) is 3.65. The Morgan fingerprint density at radius 1 is 0.465 bits per heavy atom. The maximum absolute atomic E-state index is 5.32. The van der Waals surface area contributed by atoms with Crippen LogP contribution in [0.3, 0.4) is 0 Å². The van der Waals surface area contributed by atoms with E-state index >= 15 is 0 Å². The van der Waals surface area contributed by atoms with Gasteiger partial charge in [0.25, 0.3) is 0 Å². The van der Waals surface area contributed by atoms with E-state index in [0.29, 0.717) is 7.35 Å². The molecule has 0 amide bonds. The predicted molar refractivity (Wildman–Crippen MR) is 189 cm³/mol. The molecule has 214 valence electrons. The summed E-state index contributed by atoms with van der Waals surface area (Å²) >= 11 is -5.32. The molecule has 0 radical (unpaired) electrons. The maximum atomic E-state index is 2.76. The molecule has 2 atom stereocenters. The molecule has 0 heterocycles. The van der Waals surface area contributed by atoms with Crippen LogP contribution in [-0.2, 0) is 14.2 Å². The molecule has 0 fully saturated rings. The van der Waals surface area contributed by atoms with E-state index in [1.807, 2.05) is 0 Å². The third-order valence-electron chi connectivity index (χ3n) is 11.9. The Morgan fingerprint density at radius 2 is 0.860 bits per heavy atom. The second-order valence-electron chi connectivity index (χ2n) is 16.4. The number of benzene rings is 5. The van der Waals surface area contributed by atoms with Gasteiger partial charge in [-0.2, -0.15) is 0 Å². The van der Waals surface area contributed by atoms with Gasteiger partial charge in [-0.15, -0.1) is 0 Å². The van der Waals surface area contributed by atoms with Crippen molar-refractivity contribution in [2.45, 2.75) is 35.2 Å². The number of fused-ring (bicyclic) bond motifs is 2. The van der Waals surface area contributed by atoms with Gasteiger partial charge in [-0.05, 0) is 0 Å². The number of allylic oxidation sites excluding steroid dienone is 2. The third-order valence-corrected chi connectivity index (χ3v) is 58.7. The summed E-state index contributed by atoms with van der Waals surface area (Å²) in [6.45, 7) is 6.87. The van der Waals surface area contributed by atoms with Gasteiger partial charge in [-0.1, -0.05) is 0 Å². The van der Waals surface area contributed by atoms with E-state index in [2.05, 4.69) is 174 Å². The zero-order chi connectivity index (χ0) is 30.1. The topological polar surface area (TPSA) is 0 Å². The Labute approximate surface area is 253 Å². The van der Waals surface area contributed by atoms with Gasteiger partial charge in [-0.3, -0.25) is 0 Å². The third kappa shape index (κ3) is 3.82. The Balaban J connectivity index is 1.53. The number of aryl methyl sites for hydroxylation is 2. The molecular formula is C41H42HfSi. The fraction of sp³-hybridized carbons (Fsp3) is 0.171.